The summed E-state index contributed by atoms with van der Waals surface area (Å²) in [6, 6.07) is 7.41. The van der Waals surface area contributed by atoms with E-state index in [1.54, 1.807) is 18.6 Å². The standard InChI is InChI=1S/C21H22ClN3O2/c22-21-10-14-6-15(11-21)9-20(8-14,13-21)19(26)25-16-2-1-3-17(7-16)27-18-12-23-4-5-24-18/h1-5,7,12,14-15H,6,8-11,13H2,(H,25,26)/t14-,15-,20?,21?/m1/s1. The van der Waals surface area contributed by atoms with Gasteiger partial charge in [0.1, 0.15) is 5.75 Å². The van der Waals surface area contributed by atoms with Crippen molar-refractivity contribution in [3.63, 3.8) is 0 Å². The second-order valence-corrected chi connectivity index (χ2v) is 9.32. The zero-order chi connectivity index (χ0) is 18.5. The van der Waals surface area contributed by atoms with Crippen LogP contribution in [0.15, 0.2) is 42.9 Å². The molecule has 5 nitrogen and oxygen atoms in total. The van der Waals surface area contributed by atoms with Crippen molar-refractivity contribution >= 4 is 23.2 Å². The number of hydrogen-bond acceptors (Lipinski definition) is 4. The average Bonchev–Trinajstić information content (AvgIpc) is 2.61. The third kappa shape index (κ3) is 3.18. The maximum absolute atomic E-state index is 13.2. The number of carbonyl (C=O) groups excluding carboxylic acids is 1. The average molecular weight is 384 g/mol. The van der Waals surface area contributed by atoms with Gasteiger partial charge in [0.05, 0.1) is 11.6 Å². The van der Waals surface area contributed by atoms with E-state index >= 15 is 0 Å². The summed E-state index contributed by atoms with van der Waals surface area (Å²) < 4.78 is 5.72. The molecule has 1 aromatic heterocycles. The van der Waals surface area contributed by atoms with Crippen LogP contribution in [-0.2, 0) is 4.79 Å². The fourth-order valence-corrected chi connectivity index (χ4v) is 6.47. The zero-order valence-electron chi connectivity index (χ0n) is 15.0. The second-order valence-electron chi connectivity index (χ2n) is 8.52. The number of rotatable bonds is 4. The molecule has 2 aromatic rings. The van der Waals surface area contributed by atoms with Crippen molar-refractivity contribution in [3.8, 4) is 11.6 Å². The summed E-state index contributed by atoms with van der Waals surface area (Å²) in [6.07, 6.45) is 10.9. The molecular formula is C21H22ClN3O2. The number of alkyl halides is 1. The molecule has 1 N–H and O–H groups in total. The number of nitrogens with one attached hydrogen (secondary N) is 1. The molecule has 0 radical (unpaired) electrons. The van der Waals surface area contributed by atoms with Gasteiger partial charge in [-0.25, -0.2) is 4.98 Å². The normalized spacial score (nSPS) is 33.7. The van der Waals surface area contributed by atoms with Crippen LogP contribution < -0.4 is 10.1 Å². The minimum absolute atomic E-state index is 0.110. The second kappa shape index (κ2) is 6.20. The van der Waals surface area contributed by atoms with Gasteiger partial charge in [-0.15, -0.1) is 11.6 Å². The van der Waals surface area contributed by atoms with Crippen LogP contribution in [0.4, 0.5) is 5.69 Å². The predicted molar refractivity (Wildman–Crippen MR) is 103 cm³/mol. The lowest BCUT2D eigenvalue weighted by Crippen LogP contribution is -2.57. The molecule has 0 unspecified atom stereocenters. The van der Waals surface area contributed by atoms with Crippen LogP contribution in [0.2, 0.25) is 0 Å². The highest BCUT2D eigenvalue weighted by Gasteiger charge is 2.60. The van der Waals surface area contributed by atoms with Gasteiger partial charge in [-0.2, -0.15) is 0 Å². The molecule has 6 heteroatoms. The monoisotopic (exact) mass is 383 g/mol. The predicted octanol–water partition coefficient (Wildman–Crippen LogP) is 4.79. The van der Waals surface area contributed by atoms with Crippen molar-refractivity contribution in [2.45, 2.75) is 43.4 Å². The van der Waals surface area contributed by atoms with Gasteiger partial charge in [0, 0.05) is 29.0 Å². The zero-order valence-corrected chi connectivity index (χ0v) is 15.8. The van der Waals surface area contributed by atoms with E-state index in [0.717, 1.165) is 37.8 Å². The lowest BCUT2D eigenvalue weighted by atomic mass is 9.49. The van der Waals surface area contributed by atoms with Crippen LogP contribution in [-0.4, -0.2) is 20.7 Å². The van der Waals surface area contributed by atoms with Crippen LogP contribution in [0.1, 0.15) is 38.5 Å². The van der Waals surface area contributed by atoms with Gasteiger partial charge < -0.3 is 10.1 Å². The maximum Gasteiger partial charge on any atom is 0.237 e. The molecule has 0 aliphatic heterocycles. The molecule has 27 heavy (non-hydrogen) atoms. The van der Waals surface area contributed by atoms with Gasteiger partial charge in [0.2, 0.25) is 11.8 Å². The van der Waals surface area contributed by atoms with Crippen molar-refractivity contribution in [3.05, 3.63) is 42.9 Å². The van der Waals surface area contributed by atoms with Gasteiger partial charge in [0.15, 0.2) is 0 Å². The summed E-state index contributed by atoms with van der Waals surface area (Å²) in [5.74, 6) is 2.35. The lowest BCUT2D eigenvalue weighted by molar-refractivity contribution is -0.138. The Morgan fingerprint density at radius 3 is 2.70 bits per heavy atom. The van der Waals surface area contributed by atoms with Crippen molar-refractivity contribution in [1.29, 1.82) is 0 Å². The first-order valence-corrected chi connectivity index (χ1v) is 9.94. The quantitative estimate of drug-likeness (QED) is 0.771. The number of aromatic nitrogens is 2. The number of carbonyl (C=O) groups is 1. The van der Waals surface area contributed by atoms with Crippen LogP contribution >= 0.6 is 11.6 Å². The van der Waals surface area contributed by atoms with E-state index in [-0.39, 0.29) is 16.2 Å². The van der Waals surface area contributed by atoms with Crippen LogP contribution in [0.25, 0.3) is 0 Å². The van der Waals surface area contributed by atoms with Crippen LogP contribution in [0.3, 0.4) is 0 Å². The molecular weight excluding hydrogens is 362 g/mol. The Balaban J connectivity index is 1.33. The number of anilines is 1. The van der Waals surface area contributed by atoms with Gasteiger partial charge in [-0.3, -0.25) is 9.78 Å². The number of ether oxygens (including phenoxy) is 1. The van der Waals surface area contributed by atoms with Gasteiger partial charge in [0.25, 0.3) is 0 Å². The smallest absolute Gasteiger partial charge is 0.237 e. The number of nitrogens with zero attached hydrogens (tertiary/aromatic N) is 2. The highest BCUT2D eigenvalue weighted by molar-refractivity contribution is 6.24. The Morgan fingerprint density at radius 2 is 2.00 bits per heavy atom. The molecule has 6 rings (SSSR count). The number of hydrogen-bond donors (Lipinski definition) is 1. The molecule has 0 saturated heterocycles. The van der Waals surface area contributed by atoms with E-state index in [9.17, 15) is 4.79 Å². The van der Waals surface area contributed by atoms with E-state index < -0.39 is 0 Å². The fourth-order valence-electron chi connectivity index (χ4n) is 5.78. The Labute approximate surface area is 163 Å². The van der Waals surface area contributed by atoms with Crippen molar-refractivity contribution in [2.75, 3.05) is 5.32 Å². The molecule has 140 valence electrons. The maximum atomic E-state index is 13.2. The highest BCUT2D eigenvalue weighted by atomic mass is 35.5. The minimum Gasteiger partial charge on any atom is -0.437 e. The van der Waals surface area contributed by atoms with E-state index in [0.29, 0.717) is 23.5 Å². The van der Waals surface area contributed by atoms with Gasteiger partial charge in [-0.05, 0) is 62.5 Å². The minimum atomic E-state index is -0.312. The first-order valence-electron chi connectivity index (χ1n) is 9.56. The molecule has 4 aliphatic rings. The molecule has 4 fully saturated rings. The molecule has 4 saturated carbocycles. The lowest BCUT2D eigenvalue weighted by Gasteiger charge is -2.59. The summed E-state index contributed by atoms with van der Waals surface area (Å²) in [6.45, 7) is 0. The van der Waals surface area contributed by atoms with Crippen molar-refractivity contribution in [1.82, 2.24) is 9.97 Å². The number of benzene rings is 1. The topological polar surface area (TPSA) is 64.1 Å². The SMILES string of the molecule is O=C(Nc1cccc(Oc2cnccn2)c1)C12C[C@H]3C[C@@H](CC(Cl)(C3)C1)C2. The summed E-state index contributed by atoms with van der Waals surface area (Å²) in [4.78, 5) is 21.2. The molecule has 1 aromatic carbocycles. The Hall–Kier alpha value is -2.14. The van der Waals surface area contributed by atoms with E-state index in [1.807, 2.05) is 24.3 Å². The molecule has 4 bridgehead atoms. The molecule has 2 atom stereocenters. The van der Waals surface area contributed by atoms with Crippen LogP contribution in [0.5, 0.6) is 11.6 Å². The summed E-state index contributed by atoms with van der Waals surface area (Å²) >= 11 is 6.87. The summed E-state index contributed by atoms with van der Waals surface area (Å²) in [5, 5.41) is 3.13. The Kier molecular flexibility index (Phi) is 3.90. The van der Waals surface area contributed by atoms with Crippen molar-refractivity contribution < 1.29 is 9.53 Å². The van der Waals surface area contributed by atoms with E-state index in [4.69, 9.17) is 16.3 Å². The third-order valence-electron chi connectivity index (χ3n) is 6.33. The first-order chi connectivity index (χ1) is 13.0. The van der Waals surface area contributed by atoms with E-state index in [2.05, 4.69) is 15.3 Å². The highest BCUT2D eigenvalue weighted by Crippen LogP contribution is 2.64. The van der Waals surface area contributed by atoms with Gasteiger partial charge >= 0.3 is 0 Å². The van der Waals surface area contributed by atoms with Crippen LogP contribution in [0, 0.1) is 17.3 Å². The molecule has 0 spiro atoms. The Bertz CT molecular complexity index is 859. The third-order valence-corrected chi connectivity index (χ3v) is 6.77. The summed E-state index contributed by atoms with van der Waals surface area (Å²) in [5.41, 5.74) is 0.425. The largest absolute Gasteiger partial charge is 0.437 e. The molecule has 4 aliphatic carbocycles. The fraction of sp³-hybridized carbons (Fsp3) is 0.476. The molecule has 1 amide bonds. The first kappa shape index (κ1) is 17.0. The number of amides is 1. The molecule has 1 heterocycles. The van der Waals surface area contributed by atoms with Gasteiger partial charge in [-0.1, -0.05) is 6.07 Å². The van der Waals surface area contributed by atoms with E-state index in [1.165, 1.54) is 6.42 Å². The number of halogens is 1. The Morgan fingerprint density at radius 1 is 1.19 bits per heavy atom. The summed E-state index contributed by atoms with van der Waals surface area (Å²) in [7, 11) is 0. The van der Waals surface area contributed by atoms with Crippen molar-refractivity contribution in [2.24, 2.45) is 17.3 Å².